The fourth-order valence-electron chi connectivity index (χ4n) is 2.53. The molecule has 108 valence electrons. The average molecular weight is 278 g/mol. The number of nitro benzene ring substituents is 1. The van der Waals surface area contributed by atoms with Crippen molar-refractivity contribution >= 4 is 11.6 Å². The van der Waals surface area contributed by atoms with Crippen molar-refractivity contribution in [3.63, 3.8) is 0 Å². The van der Waals surface area contributed by atoms with Crippen molar-refractivity contribution < 1.29 is 14.8 Å². The Morgan fingerprint density at radius 2 is 2.15 bits per heavy atom. The van der Waals surface area contributed by atoms with E-state index < -0.39 is 4.92 Å². The van der Waals surface area contributed by atoms with Gasteiger partial charge in [-0.1, -0.05) is 0 Å². The van der Waals surface area contributed by atoms with Crippen molar-refractivity contribution in [1.82, 2.24) is 4.90 Å². The number of nitro groups is 1. The molecule has 0 bridgehead atoms. The number of carbonyl (C=O) groups is 1. The average Bonchev–Trinajstić information content (AvgIpc) is 2.35. The van der Waals surface area contributed by atoms with E-state index in [0.29, 0.717) is 23.6 Å². The van der Waals surface area contributed by atoms with Crippen LogP contribution >= 0.6 is 0 Å². The van der Waals surface area contributed by atoms with E-state index in [2.05, 4.69) is 0 Å². The smallest absolute Gasteiger partial charge is 0.269 e. The van der Waals surface area contributed by atoms with Gasteiger partial charge in [-0.15, -0.1) is 0 Å². The third-order valence-electron chi connectivity index (χ3n) is 3.74. The second kappa shape index (κ2) is 5.58. The van der Waals surface area contributed by atoms with E-state index in [0.717, 1.165) is 12.8 Å². The maximum atomic E-state index is 12.3. The van der Waals surface area contributed by atoms with Crippen LogP contribution in [0, 0.1) is 23.0 Å². The molecule has 1 aliphatic rings. The monoisotopic (exact) mass is 278 g/mol. The van der Waals surface area contributed by atoms with Crippen LogP contribution in [-0.4, -0.2) is 40.5 Å². The van der Waals surface area contributed by atoms with Crippen molar-refractivity contribution in [1.29, 1.82) is 0 Å². The third kappa shape index (κ3) is 2.96. The maximum absolute atomic E-state index is 12.3. The summed E-state index contributed by atoms with van der Waals surface area (Å²) >= 11 is 0. The first kappa shape index (κ1) is 14.5. The maximum Gasteiger partial charge on any atom is 0.269 e. The highest BCUT2D eigenvalue weighted by atomic mass is 16.6. The molecule has 0 aromatic heterocycles. The zero-order valence-corrected chi connectivity index (χ0v) is 11.6. The normalized spacial score (nSPS) is 21.1. The van der Waals surface area contributed by atoms with Crippen molar-refractivity contribution in [3.05, 3.63) is 39.4 Å². The van der Waals surface area contributed by atoms with E-state index in [4.69, 9.17) is 0 Å². The summed E-state index contributed by atoms with van der Waals surface area (Å²) in [5.41, 5.74) is 1.08. The Morgan fingerprint density at radius 3 is 2.65 bits per heavy atom. The molecule has 0 unspecified atom stereocenters. The minimum Gasteiger partial charge on any atom is -0.393 e. The molecule has 1 N–H and O–H groups in total. The Bertz CT molecular complexity index is 538. The van der Waals surface area contributed by atoms with Crippen LogP contribution in [0.4, 0.5) is 5.69 Å². The summed E-state index contributed by atoms with van der Waals surface area (Å²) in [6, 6.07) is 4.26. The van der Waals surface area contributed by atoms with Crippen LogP contribution in [0.2, 0.25) is 0 Å². The van der Waals surface area contributed by atoms with E-state index in [1.165, 1.54) is 18.2 Å². The van der Waals surface area contributed by atoms with Gasteiger partial charge in [0.15, 0.2) is 0 Å². The standard InChI is InChI=1S/C14H18N2O4/c1-9-5-11(16(19)20)3-4-13(9)14(18)15(2)8-10-6-12(17)7-10/h3-5,10,12,17H,6-8H2,1-2H3. The molecule has 6 nitrogen and oxygen atoms in total. The fourth-order valence-corrected chi connectivity index (χ4v) is 2.53. The lowest BCUT2D eigenvalue weighted by atomic mass is 9.82. The van der Waals surface area contributed by atoms with Crippen molar-refractivity contribution in [2.75, 3.05) is 13.6 Å². The Hall–Kier alpha value is -1.95. The van der Waals surface area contributed by atoms with Gasteiger partial charge in [0.2, 0.25) is 0 Å². The largest absolute Gasteiger partial charge is 0.393 e. The molecule has 0 atom stereocenters. The predicted octanol–water partition coefficient (Wildman–Crippen LogP) is 1.75. The number of hydrogen-bond acceptors (Lipinski definition) is 4. The number of aliphatic hydroxyl groups is 1. The number of non-ortho nitro benzene ring substituents is 1. The van der Waals surface area contributed by atoms with Gasteiger partial charge in [0, 0.05) is 31.3 Å². The summed E-state index contributed by atoms with van der Waals surface area (Å²) in [6.07, 6.45) is 1.23. The molecular formula is C14H18N2O4. The van der Waals surface area contributed by atoms with Crippen molar-refractivity contribution in [3.8, 4) is 0 Å². The number of aliphatic hydroxyl groups excluding tert-OH is 1. The Balaban J connectivity index is 2.06. The molecule has 0 spiro atoms. The van der Waals surface area contributed by atoms with Gasteiger partial charge in [-0.25, -0.2) is 0 Å². The summed E-state index contributed by atoms with van der Waals surface area (Å²) in [6.45, 7) is 2.30. The van der Waals surface area contributed by atoms with Crippen LogP contribution in [0.5, 0.6) is 0 Å². The number of aryl methyl sites for hydroxylation is 1. The van der Waals surface area contributed by atoms with E-state index in [-0.39, 0.29) is 17.7 Å². The first-order valence-electron chi connectivity index (χ1n) is 6.57. The number of rotatable bonds is 4. The first-order chi connectivity index (χ1) is 9.38. The van der Waals surface area contributed by atoms with E-state index in [9.17, 15) is 20.0 Å². The van der Waals surface area contributed by atoms with Crippen molar-refractivity contribution in [2.24, 2.45) is 5.92 Å². The summed E-state index contributed by atoms with van der Waals surface area (Å²) < 4.78 is 0. The van der Waals surface area contributed by atoms with Gasteiger partial charge >= 0.3 is 0 Å². The van der Waals surface area contributed by atoms with E-state index >= 15 is 0 Å². The molecule has 0 saturated heterocycles. The highest BCUT2D eigenvalue weighted by Gasteiger charge is 2.29. The Morgan fingerprint density at radius 1 is 1.50 bits per heavy atom. The minimum atomic E-state index is -0.472. The molecule has 1 saturated carbocycles. The van der Waals surface area contributed by atoms with Crippen LogP contribution in [0.1, 0.15) is 28.8 Å². The number of hydrogen-bond donors (Lipinski definition) is 1. The number of carbonyl (C=O) groups excluding carboxylic acids is 1. The Labute approximate surface area is 117 Å². The second-order valence-electron chi connectivity index (χ2n) is 5.43. The topological polar surface area (TPSA) is 83.7 Å². The highest BCUT2D eigenvalue weighted by Crippen LogP contribution is 2.28. The highest BCUT2D eigenvalue weighted by molar-refractivity contribution is 5.95. The lowest BCUT2D eigenvalue weighted by molar-refractivity contribution is -0.384. The summed E-state index contributed by atoms with van der Waals surface area (Å²) in [4.78, 5) is 24.1. The zero-order valence-electron chi connectivity index (χ0n) is 11.6. The van der Waals surface area contributed by atoms with E-state index in [1.54, 1.807) is 18.9 Å². The van der Waals surface area contributed by atoms with Crippen LogP contribution < -0.4 is 0 Å². The molecule has 0 radical (unpaired) electrons. The van der Waals surface area contributed by atoms with E-state index in [1.807, 2.05) is 0 Å². The van der Waals surface area contributed by atoms with Gasteiger partial charge in [-0.3, -0.25) is 14.9 Å². The third-order valence-corrected chi connectivity index (χ3v) is 3.74. The molecule has 1 fully saturated rings. The van der Waals surface area contributed by atoms with Gasteiger partial charge in [0.1, 0.15) is 0 Å². The van der Waals surface area contributed by atoms with Gasteiger partial charge in [-0.2, -0.15) is 0 Å². The molecule has 1 amide bonds. The Kier molecular flexibility index (Phi) is 4.04. The molecular weight excluding hydrogens is 260 g/mol. The van der Waals surface area contributed by atoms with Gasteiger partial charge < -0.3 is 10.0 Å². The predicted molar refractivity (Wildman–Crippen MR) is 73.5 cm³/mol. The summed E-state index contributed by atoms with van der Waals surface area (Å²) in [5.74, 6) is 0.205. The molecule has 0 aliphatic heterocycles. The summed E-state index contributed by atoms with van der Waals surface area (Å²) in [7, 11) is 1.72. The SMILES string of the molecule is Cc1cc([N+](=O)[O-])ccc1C(=O)N(C)CC1CC(O)C1. The minimum absolute atomic E-state index is 0.0104. The lowest BCUT2D eigenvalue weighted by Crippen LogP contribution is -2.39. The molecule has 1 aromatic rings. The van der Waals surface area contributed by atoms with Crippen LogP contribution in [0.25, 0.3) is 0 Å². The molecule has 20 heavy (non-hydrogen) atoms. The van der Waals surface area contributed by atoms with Crippen molar-refractivity contribution in [2.45, 2.75) is 25.9 Å². The lowest BCUT2D eigenvalue weighted by Gasteiger charge is -2.34. The van der Waals surface area contributed by atoms with Crippen LogP contribution in [-0.2, 0) is 0 Å². The first-order valence-corrected chi connectivity index (χ1v) is 6.57. The van der Waals surface area contributed by atoms with Gasteiger partial charge in [0.25, 0.3) is 11.6 Å². The zero-order chi connectivity index (χ0) is 14.9. The fraction of sp³-hybridized carbons (Fsp3) is 0.500. The van der Waals surface area contributed by atoms with Crippen LogP contribution in [0.15, 0.2) is 18.2 Å². The number of nitrogens with zero attached hydrogens (tertiary/aromatic N) is 2. The molecule has 6 heteroatoms. The molecule has 1 aliphatic carbocycles. The molecule has 0 heterocycles. The van der Waals surface area contributed by atoms with Gasteiger partial charge in [-0.05, 0) is 37.3 Å². The second-order valence-corrected chi connectivity index (χ2v) is 5.43. The molecule has 2 rings (SSSR count). The summed E-state index contributed by atoms with van der Waals surface area (Å²) in [5, 5.41) is 19.9. The van der Waals surface area contributed by atoms with Gasteiger partial charge in [0.05, 0.1) is 11.0 Å². The number of amides is 1. The van der Waals surface area contributed by atoms with Crippen LogP contribution in [0.3, 0.4) is 0 Å². The quantitative estimate of drug-likeness (QED) is 0.671. The number of benzene rings is 1. The molecule has 1 aromatic carbocycles.